The fraction of sp³-hybridized carbons (Fsp3) is 0.308. The van der Waals surface area contributed by atoms with E-state index >= 15 is 0 Å². The summed E-state index contributed by atoms with van der Waals surface area (Å²) in [7, 11) is 0. The van der Waals surface area contributed by atoms with E-state index in [-0.39, 0.29) is 0 Å². The minimum atomic E-state index is 0.467. The van der Waals surface area contributed by atoms with E-state index < -0.39 is 0 Å². The molecule has 1 aromatic heterocycles. The molecule has 3 rings (SSSR count). The molecule has 0 bridgehead atoms. The van der Waals surface area contributed by atoms with Gasteiger partial charge in [0.15, 0.2) is 0 Å². The van der Waals surface area contributed by atoms with Crippen molar-refractivity contribution in [3.8, 4) is 0 Å². The molecule has 0 unspecified atom stereocenters. The first-order valence-electron chi connectivity index (χ1n) is 5.52. The quantitative estimate of drug-likeness (QED) is 0.762. The van der Waals surface area contributed by atoms with Crippen LogP contribution in [0.15, 0.2) is 36.4 Å². The van der Waals surface area contributed by atoms with Crippen LogP contribution in [0.5, 0.6) is 0 Å². The van der Waals surface area contributed by atoms with Crippen LogP contribution in [-0.2, 0) is 0 Å². The molecule has 1 atom stereocenters. The first kappa shape index (κ1) is 8.86. The zero-order valence-electron chi connectivity index (χ0n) is 8.61. The van der Waals surface area contributed by atoms with Gasteiger partial charge in [0.05, 0.1) is 11.2 Å². The molecule has 2 nitrogen and oxygen atoms in total. The van der Waals surface area contributed by atoms with E-state index in [1.54, 1.807) is 0 Å². The molecule has 76 valence electrons. The van der Waals surface area contributed by atoms with Gasteiger partial charge >= 0.3 is 0 Å². The average Bonchev–Trinajstić information content (AvgIpc) is 2.82. The number of fused-ring (bicyclic) bond motifs is 1. The zero-order chi connectivity index (χ0) is 10.1. The third-order valence-corrected chi connectivity index (χ3v) is 3.04. The molecule has 2 heterocycles. The van der Waals surface area contributed by atoms with Crippen LogP contribution in [0.2, 0.25) is 0 Å². The third-order valence-electron chi connectivity index (χ3n) is 3.04. The Hall–Kier alpha value is -1.41. The third kappa shape index (κ3) is 1.61. The van der Waals surface area contributed by atoms with Crippen molar-refractivity contribution in [2.75, 3.05) is 6.54 Å². The fourth-order valence-corrected chi connectivity index (χ4v) is 2.21. The normalized spacial score (nSPS) is 20.9. The maximum atomic E-state index is 4.69. The zero-order valence-corrected chi connectivity index (χ0v) is 8.61. The number of hydrogen-bond acceptors (Lipinski definition) is 2. The van der Waals surface area contributed by atoms with E-state index in [4.69, 9.17) is 4.98 Å². The van der Waals surface area contributed by atoms with Crippen LogP contribution in [0.1, 0.15) is 24.6 Å². The Morgan fingerprint density at radius 1 is 1.13 bits per heavy atom. The predicted molar refractivity (Wildman–Crippen MR) is 61.7 cm³/mol. The molecule has 0 spiro atoms. The SMILES string of the molecule is c1ccc2nc([C@@H]3CCCN3)ccc2c1. The van der Waals surface area contributed by atoms with Crippen LogP contribution < -0.4 is 5.32 Å². The molecule has 0 amide bonds. The van der Waals surface area contributed by atoms with Crippen LogP contribution in [0.25, 0.3) is 10.9 Å². The van der Waals surface area contributed by atoms with Gasteiger partial charge in [-0.1, -0.05) is 24.3 Å². The number of rotatable bonds is 1. The minimum Gasteiger partial charge on any atom is -0.309 e. The van der Waals surface area contributed by atoms with Crippen molar-refractivity contribution in [2.45, 2.75) is 18.9 Å². The van der Waals surface area contributed by atoms with E-state index in [9.17, 15) is 0 Å². The van der Waals surface area contributed by atoms with Gasteiger partial charge in [0, 0.05) is 11.4 Å². The number of nitrogens with zero attached hydrogens (tertiary/aromatic N) is 1. The van der Waals surface area contributed by atoms with E-state index in [2.05, 4.69) is 35.6 Å². The second-order valence-electron chi connectivity index (χ2n) is 4.08. The van der Waals surface area contributed by atoms with Gasteiger partial charge in [-0.2, -0.15) is 0 Å². The second kappa shape index (κ2) is 3.63. The van der Waals surface area contributed by atoms with Crippen LogP contribution in [0.3, 0.4) is 0 Å². The van der Waals surface area contributed by atoms with Gasteiger partial charge in [0.2, 0.25) is 0 Å². The molecule has 0 aliphatic carbocycles. The first-order chi connectivity index (χ1) is 7.43. The summed E-state index contributed by atoms with van der Waals surface area (Å²) in [5.41, 5.74) is 2.29. The highest BCUT2D eigenvalue weighted by atomic mass is 15.0. The summed E-state index contributed by atoms with van der Waals surface area (Å²) in [5, 5.41) is 4.70. The van der Waals surface area contributed by atoms with Crippen LogP contribution in [-0.4, -0.2) is 11.5 Å². The molecule has 2 heteroatoms. The van der Waals surface area contributed by atoms with E-state index in [0.29, 0.717) is 6.04 Å². The van der Waals surface area contributed by atoms with Gasteiger partial charge < -0.3 is 5.32 Å². The first-order valence-corrected chi connectivity index (χ1v) is 5.52. The van der Waals surface area contributed by atoms with Gasteiger partial charge in [-0.25, -0.2) is 0 Å². The Kier molecular flexibility index (Phi) is 2.14. The molecular weight excluding hydrogens is 184 g/mol. The summed E-state index contributed by atoms with van der Waals surface area (Å²) in [6.45, 7) is 1.12. The smallest absolute Gasteiger partial charge is 0.0706 e. The average molecular weight is 198 g/mol. The Morgan fingerprint density at radius 3 is 2.93 bits per heavy atom. The number of aromatic nitrogens is 1. The maximum Gasteiger partial charge on any atom is 0.0706 e. The summed E-state index contributed by atoms with van der Waals surface area (Å²) in [4.78, 5) is 4.69. The molecule has 2 aromatic rings. The lowest BCUT2D eigenvalue weighted by molar-refractivity contribution is 0.630. The van der Waals surface area contributed by atoms with Crippen molar-refractivity contribution >= 4 is 10.9 Å². The number of benzene rings is 1. The Labute approximate surface area is 89.3 Å². The molecule has 1 saturated heterocycles. The lowest BCUT2D eigenvalue weighted by Crippen LogP contribution is -2.14. The standard InChI is InChI=1S/C13H14N2/c1-2-5-11-10(4-1)7-8-13(15-11)12-6-3-9-14-12/h1-2,4-5,7-8,12,14H,3,6,9H2/t12-/m0/s1. The molecular formula is C13H14N2. The molecule has 0 radical (unpaired) electrons. The fourth-order valence-electron chi connectivity index (χ4n) is 2.21. The Morgan fingerprint density at radius 2 is 2.07 bits per heavy atom. The van der Waals surface area contributed by atoms with Crippen LogP contribution >= 0.6 is 0 Å². The van der Waals surface area contributed by atoms with Crippen LogP contribution in [0.4, 0.5) is 0 Å². The minimum absolute atomic E-state index is 0.467. The van der Waals surface area contributed by atoms with E-state index in [1.807, 2.05) is 6.07 Å². The van der Waals surface area contributed by atoms with Gasteiger partial charge in [-0.05, 0) is 31.5 Å². The summed E-state index contributed by atoms with van der Waals surface area (Å²) >= 11 is 0. The highest BCUT2D eigenvalue weighted by molar-refractivity contribution is 5.78. The Bertz CT molecular complexity index is 473. The second-order valence-corrected chi connectivity index (χ2v) is 4.08. The summed E-state index contributed by atoms with van der Waals surface area (Å²) in [6, 6.07) is 13.1. The maximum absolute atomic E-state index is 4.69. The molecule has 1 N–H and O–H groups in total. The van der Waals surface area contributed by atoms with Crippen molar-refractivity contribution in [3.05, 3.63) is 42.1 Å². The molecule has 0 saturated carbocycles. The van der Waals surface area contributed by atoms with E-state index in [0.717, 1.165) is 12.1 Å². The van der Waals surface area contributed by atoms with Crippen molar-refractivity contribution in [1.29, 1.82) is 0 Å². The number of nitrogens with one attached hydrogen (secondary N) is 1. The van der Waals surface area contributed by atoms with Crippen molar-refractivity contribution in [2.24, 2.45) is 0 Å². The van der Waals surface area contributed by atoms with Gasteiger partial charge in [-0.3, -0.25) is 4.98 Å². The van der Waals surface area contributed by atoms with Gasteiger partial charge in [-0.15, -0.1) is 0 Å². The van der Waals surface area contributed by atoms with Crippen molar-refractivity contribution < 1.29 is 0 Å². The number of pyridine rings is 1. The lowest BCUT2D eigenvalue weighted by atomic mass is 10.1. The van der Waals surface area contributed by atoms with Gasteiger partial charge in [0.1, 0.15) is 0 Å². The lowest BCUT2D eigenvalue weighted by Gasteiger charge is -2.09. The van der Waals surface area contributed by atoms with Crippen molar-refractivity contribution in [3.63, 3.8) is 0 Å². The number of para-hydroxylation sites is 1. The summed E-state index contributed by atoms with van der Waals surface area (Å²) in [6.07, 6.45) is 2.48. The van der Waals surface area contributed by atoms with E-state index in [1.165, 1.54) is 23.9 Å². The van der Waals surface area contributed by atoms with Gasteiger partial charge in [0.25, 0.3) is 0 Å². The largest absolute Gasteiger partial charge is 0.309 e. The summed E-state index contributed by atoms with van der Waals surface area (Å²) < 4.78 is 0. The molecule has 15 heavy (non-hydrogen) atoms. The molecule has 1 fully saturated rings. The molecule has 1 aliphatic heterocycles. The van der Waals surface area contributed by atoms with Crippen LogP contribution in [0, 0.1) is 0 Å². The topological polar surface area (TPSA) is 24.9 Å². The highest BCUT2D eigenvalue weighted by Gasteiger charge is 2.17. The Balaban J connectivity index is 2.05. The predicted octanol–water partition coefficient (Wildman–Crippen LogP) is 2.66. The highest BCUT2D eigenvalue weighted by Crippen LogP contribution is 2.23. The molecule has 1 aliphatic rings. The molecule has 1 aromatic carbocycles. The monoisotopic (exact) mass is 198 g/mol. The number of hydrogen-bond donors (Lipinski definition) is 1. The van der Waals surface area contributed by atoms with Crippen molar-refractivity contribution in [1.82, 2.24) is 10.3 Å². The summed E-state index contributed by atoms with van der Waals surface area (Å²) in [5.74, 6) is 0.